The summed E-state index contributed by atoms with van der Waals surface area (Å²) in [6.45, 7) is 6.38. The van der Waals surface area contributed by atoms with Crippen LogP contribution in [0.5, 0.6) is 5.88 Å². The maximum Gasteiger partial charge on any atom is 0.328 e. The SMILES string of the molecule is CCCOc1nc(NC(C)C(=O)OCC)ccc1N. The number of aromatic nitrogens is 1. The van der Waals surface area contributed by atoms with Crippen molar-refractivity contribution in [1.29, 1.82) is 0 Å². The number of nitrogens with zero attached hydrogens (tertiary/aromatic N) is 1. The quantitative estimate of drug-likeness (QED) is 0.733. The Bertz CT molecular complexity index is 424. The minimum absolute atomic E-state index is 0.322. The van der Waals surface area contributed by atoms with Gasteiger partial charge < -0.3 is 20.5 Å². The number of ether oxygens (including phenoxy) is 2. The summed E-state index contributed by atoms with van der Waals surface area (Å²) in [5.74, 6) is 0.584. The highest BCUT2D eigenvalue weighted by Gasteiger charge is 2.14. The first-order valence-corrected chi connectivity index (χ1v) is 6.41. The van der Waals surface area contributed by atoms with Crippen molar-refractivity contribution in [3.63, 3.8) is 0 Å². The maximum atomic E-state index is 11.5. The Balaban J connectivity index is 2.70. The van der Waals surface area contributed by atoms with Crippen molar-refractivity contribution in [3.05, 3.63) is 12.1 Å². The Morgan fingerprint density at radius 3 is 2.84 bits per heavy atom. The van der Waals surface area contributed by atoms with E-state index >= 15 is 0 Å². The van der Waals surface area contributed by atoms with E-state index in [1.165, 1.54) is 0 Å². The third kappa shape index (κ3) is 4.65. The number of esters is 1. The van der Waals surface area contributed by atoms with Gasteiger partial charge in [0.1, 0.15) is 11.9 Å². The molecule has 19 heavy (non-hydrogen) atoms. The zero-order valence-electron chi connectivity index (χ0n) is 11.6. The number of hydrogen-bond donors (Lipinski definition) is 2. The molecule has 0 aliphatic rings. The van der Waals surface area contributed by atoms with E-state index in [-0.39, 0.29) is 5.97 Å². The van der Waals surface area contributed by atoms with Crippen LogP contribution in [0.25, 0.3) is 0 Å². The first-order chi connectivity index (χ1) is 9.08. The van der Waals surface area contributed by atoms with Crippen LogP contribution in [-0.4, -0.2) is 30.2 Å². The number of anilines is 2. The fourth-order valence-corrected chi connectivity index (χ4v) is 1.39. The first-order valence-electron chi connectivity index (χ1n) is 6.41. The molecule has 0 saturated carbocycles. The highest BCUT2D eigenvalue weighted by molar-refractivity contribution is 5.78. The average Bonchev–Trinajstić information content (AvgIpc) is 2.39. The number of pyridine rings is 1. The average molecular weight is 267 g/mol. The highest BCUT2D eigenvalue weighted by atomic mass is 16.5. The van der Waals surface area contributed by atoms with Crippen molar-refractivity contribution >= 4 is 17.5 Å². The van der Waals surface area contributed by atoms with Crippen molar-refractivity contribution in [3.8, 4) is 5.88 Å². The largest absolute Gasteiger partial charge is 0.476 e. The van der Waals surface area contributed by atoms with Gasteiger partial charge in [-0.2, -0.15) is 4.98 Å². The molecule has 0 spiro atoms. The molecule has 3 N–H and O–H groups in total. The van der Waals surface area contributed by atoms with E-state index in [1.54, 1.807) is 26.0 Å². The summed E-state index contributed by atoms with van der Waals surface area (Å²) in [4.78, 5) is 15.7. The molecule has 1 aromatic rings. The summed E-state index contributed by atoms with van der Waals surface area (Å²) in [6, 6.07) is 2.91. The summed E-state index contributed by atoms with van der Waals surface area (Å²) in [5, 5.41) is 2.95. The van der Waals surface area contributed by atoms with Gasteiger partial charge in [0.05, 0.1) is 18.9 Å². The van der Waals surface area contributed by atoms with Crippen molar-refractivity contribution < 1.29 is 14.3 Å². The molecule has 6 nitrogen and oxygen atoms in total. The Morgan fingerprint density at radius 1 is 1.47 bits per heavy atom. The van der Waals surface area contributed by atoms with E-state index in [4.69, 9.17) is 15.2 Å². The maximum absolute atomic E-state index is 11.5. The number of hydrogen-bond acceptors (Lipinski definition) is 6. The van der Waals surface area contributed by atoms with Gasteiger partial charge in [-0.1, -0.05) is 6.92 Å². The van der Waals surface area contributed by atoms with Gasteiger partial charge in [-0.15, -0.1) is 0 Å². The fraction of sp³-hybridized carbons (Fsp3) is 0.538. The first kappa shape index (κ1) is 15.1. The molecule has 0 radical (unpaired) electrons. The molecule has 0 saturated heterocycles. The summed E-state index contributed by atoms with van der Waals surface area (Å²) in [5.41, 5.74) is 6.24. The van der Waals surface area contributed by atoms with Gasteiger partial charge in [-0.05, 0) is 32.4 Å². The van der Waals surface area contributed by atoms with Crippen molar-refractivity contribution in [2.75, 3.05) is 24.3 Å². The predicted molar refractivity (Wildman–Crippen MR) is 74.2 cm³/mol. The van der Waals surface area contributed by atoms with Gasteiger partial charge >= 0.3 is 5.97 Å². The molecule has 0 fully saturated rings. The van der Waals surface area contributed by atoms with Crippen molar-refractivity contribution in [2.45, 2.75) is 33.2 Å². The zero-order chi connectivity index (χ0) is 14.3. The Kier molecular flexibility index (Phi) is 5.92. The highest BCUT2D eigenvalue weighted by Crippen LogP contribution is 2.21. The van der Waals surface area contributed by atoms with Crippen LogP contribution >= 0.6 is 0 Å². The second-order valence-electron chi connectivity index (χ2n) is 4.06. The molecular weight excluding hydrogens is 246 g/mol. The molecular formula is C13H21N3O3. The summed E-state index contributed by atoms with van der Waals surface area (Å²) in [7, 11) is 0. The van der Waals surface area contributed by atoms with Crippen LogP contribution in [0, 0.1) is 0 Å². The second kappa shape index (κ2) is 7.45. The molecule has 1 heterocycles. The number of carbonyl (C=O) groups is 1. The van der Waals surface area contributed by atoms with Crippen LogP contribution in [-0.2, 0) is 9.53 Å². The number of rotatable bonds is 7. The number of nitrogens with one attached hydrogen (secondary N) is 1. The molecule has 1 aromatic heterocycles. The lowest BCUT2D eigenvalue weighted by Gasteiger charge is -2.14. The molecule has 6 heteroatoms. The Morgan fingerprint density at radius 2 is 2.21 bits per heavy atom. The standard InChI is InChI=1S/C13H21N3O3/c1-4-8-19-12-10(14)6-7-11(16-12)15-9(3)13(17)18-5-2/h6-7,9H,4-5,8,14H2,1-3H3,(H,15,16). The zero-order valence-corrected chi connectivity index (χ0v) is 11.6. The van der Waals surface area contributed by atoms with E-state index < -0.39 is 6.04 Å². The second-order valence-corrected chi connectivity index (χ2v) is 4.06. The van der Waals surface area contributed by atoms with E-state index in [1.807, 2.05) is 6.92 Å². The van der Waals surface area contributed by atoms with E-state index in [2.05, 4.69) is 10.3 Å². The predicted octanol–water partition coefficient (Wildman–Crippen LogP) is 1.82. The number of nitrogens with two attached hydrogens (primary N) is 1. The van der Waals surface area contributed by atoms with E-state index in [0.717, 1.165) is 6.42 Å². The molecule has 0 amide bonds. The third-order valence-corrected chi connectivity index (χ3v) is 2.34. The van der Waals surface area contributed by atoms with Crippen LogP contribution in [0.3, 0.4) is 0 Å². The summed E-state index contributed by atoms with van der Waals surface area (Å²) < 4.78 is 10.3. The minimum Gasteiger partial charge on any atom is -0.476 e. The number of nitrogen functional groups attached to an aromatic ring is 1. The monoisotopic (exact) mass is 267 g/mol. The molecule has 0 bridgehead atoms. The van der Waals surface area contributed by atoms with Gasteiger partial charge in [0.25, 0.3) is 0 Å². The van der Waals surface area contributed by atoms with Crippen molar-refractivity contribution in [2.24, 2.45) is 0 Å². The smallest absolute Gasteiger partial charge is 0.328 e. The summed E-state index contributed by atoms with van der Waals surface area (Å²) >= 11 is 0. The lowest BCUT2D eigenvalue weighted by molar-refractivity contribution is -0.143. The van der Waals surface area contributed by atoms with E-state index in [9.17, 15) is 4.79 Å². The molecule has 0 aromatic carbocycles. The number of carbonyl (C=O) groups excluding carboxylic acids is 1. The van der Waals surface area contributed by atoms with Gasteiger partial charge in [-0.25, -0.2) is 4.79 Å². The lowest BCUT2D eigenvalue weighted by Crippen LogP contribution is -2.28. The molecule has 1 atom stereocenters. The van der Waals surface area contributed by atoms with Crippen LogP contribution in [0.1, 0.15) is 27.2 Å². The van der Waals surface area contributed by atoms with Gasteiger partial charge in [0.2, 0.25) is 5.88 Å². The van der Waals surface area contributed by atoms with Crippen LogP contribution < -0.4 is 15.8 Å². The topological polar surface area (TPSA) is 86.5 Å². The molecule has 1 rings (SSSR count). The Labute approximate surface area is 113 Å². The van der Waals surface area contributed by atoms with Gasteiger partial charge in [0.15, 0.2) is 0 Å². The molecule has 106 valence electrons. The Hall–Kier alpha value is -1.98. The lowest BCUT2D eigenvalue weighted by atomic mass is 10.3. The van der Waals surface area contributed by atoms with Crippen LogP contribution in [0.15, 0.2) is 12.1 Å². The molecule has 1 unspecified atom stereocenters. The van der Waals surface area contributed by atoms with Crippen LogP contribution in [0.4, 0.5) is 11.5 Å². The van der Waals surface area contributed by atoms with Gasteiger partial charge in [0, 0.05) is 0 Å². The van der Waals surface area contributed by atoms with E-state index in [0.29, 0.717) is 30.6 Å². The van der Waals surface area contributed by atoms with Crippen LogP contribution in [0.2, 0.25) is 0 Å². The fourth-order valence-electron chi connectivity index (χ4n) is 1.39. The van der Waals surface area contributed by atoms with Crippen molar-refractivity contribution in [1.82, 2.24) is 4.98 Å². The molecule has 0 aliphatic heterocycles. The van der Waals surface area contributed by atoms with Gasteiger partial charge in [-0.3, -0.25) is 0 Å². The summed E-state index contributed by atoms with van der Waals surface area (Å²) in [6.07, 6.45) is 0.873. The third-order valence-electron chi connectivity index (χ3n) is 2.34. The molecule has 0 aliphatic carbocycles. The normalized spacial score (nSPS) is 11.7. The minimum atomic E-state index is -0.477.